The van der Waals surface area contributed by atoms with E-state index < -0.39 is 0 Å². The van der Waals surface area contributed by atoms with Crippen molar-refractivity contribution in [2.45, 2.75) is 27.2 Å². The largest absolute Gasteiger partial charge is 0.467 e. The molecule has 0 aromatic carbocycles. The molecule has 2 heteroatoms. The molecule has 74 valence electrons. The predicted octanol–water partition coefficient (Wildman–Crippen LogP) is 2.71. The van der Waals surface area contributed by atoms with Crippen LogP contribution >= 0.6 is 0 Å². The summed E-state index contributed by atoms with van der Waals surface area (Å²) in [6, 6.07) is 0. The van der Waals surface area contributed by atoms with Crippen molar-refractivity contribution >= 4 is 6.47 Å². The smallest absolute Gasteiger partial charge is 0.293 e. The first-order valence-corrected chi connectivity index (χ1v) is 4.42. The van der Waals surface area contributed by atoms with Gasteiger partial charge < -0.3 is 4.74 Å². The number of hydrogen-bond acceptors (Lipinski definition) is 2. The van der Waals surface area contributed by atoms with Crippen molar-refractivity contribution in [1.29, 1.82) is 0 Å². The van der Waals surface area contributed by atoms with Crippen LogP contribution in [0.4, 0.5) is 0 Å². The third-order valence-corrected chi connectivity index (χ3v) is 1.87. The first-order chi connectivity index (χ1) is 6.07. The minimum atomic E-state index is 0.250. The van der Waals surface area contributed by atoms with Gasteiger partial charge in [-0.2, -0.15) is 0 Å². The minimum Gasteiger partial charge on any atom is -0.467 e. The van der Waals surface area contributed by atoms with E-state index >= 15 is 0 Å². The Morgan fingerprint density at radius 2 is 2.08 bits per heavy atom. The predicted molar refractivity (Wildman–Crippen MR) is 54.4 cm³/mol. The van der Waals surface area contributed by atoms with Crippen molar-refractivity contribution < 1.29 is 9.53 Å². The fourth-order valence-corrected chi connectivity index (χ4v) is 0.945. The molecule has 0 bridgehead atoms. The Balaban J connectivity index is 4.02. The normalized spacial score (nSPS) is 11.6. The number of carbonyl (C=O) groups excluding carboxylic acids is 1. The van der Waals surface area contributed by atoms with E-state index in [1.807, 2.05) is 6.92 Å². The van der Waals surface area contributed by atoms with Crippen molar-refractivity contribution in [2.24, 2.45) is 5.92 Å². The van der Waals surface area contributed by atoms with Crippen LogP contribution in [0.5, 0.6) is 0 Å². The van der Waals surface area contributed by atoms with E-state index in [1.165, 1.54) is 5.57 Å². The number of carbonyl (C=O) groups is 1. The van der Waals surface area contributed by atoms with Crippen LogP contribution in [-0.4, -0.2) is 13.1 Å². The summed E-state index contributed by atoms with van der Waals surface area (Å²) in [5.74, 6) is 0.250. The Hall–Kier alpha value is -1.05. The monoisotopic (exact) mass is 182 g/mol. The molecule has 0 fully saturated rings. The zero-order valence-corrected chi connectivity index (χ0v) is 8.67. The number of hydrogen-bond donors (Lipinski definition) is 0. The molecule has 0 radical (unpaired) electrons. The maximum absolute atomic E-state index is 10.0. The summed E-state index contributed by atoms with van der Waals surface area (Å²) in [6.07, 6.45) is 3.03. The zero-order chi connectivity index (χ0) is 10.3. The highest BCUT2D eigenvalue weighted by Gasteiger charge is 2.07. The van der Waals surface area contributed by atoms with Gasteiger partial charge in [0.15, 0.2) is 0 Å². The molecule has 0 saturated heterocycles. The fourth-order valence-electron chi connectivity index (χ4n) is 0.945. The molecule has 0 N–H and O–H groups in total. The van der Waals surface area contributed by atoms with Crippen LogP contribution in [0.2, 0.25) is 0 Å². The molecule has 0 aromatic rings. The number of allylic oxidation sites excluding steroid dienone is 2. The minimum absolute atomic E-state index is 0.250. The van der Waals surface area contributed by atoms with Crippen molar-refractivity contribution in [3.63, 3.8) is 0 Å². The lowest BCUT2D eigenvalue weighted by molar-refractivity contribution is -0.129. The molecule has 0 aliphatic carbocycles. The SMILES string of the molecule is C=C(C)C(CC=C(C)C)COC=O. The summed E-state index contributed by atoms with van der Waals surface area (Å²) in [4.78, 5) is 10.0. The number of rotatable bonds is 6. The summed E-state index contributed by atoms with van der Waals surface area (Å²) in [5.41, 5.74) is 2.33. The second-order valence-corrected chi connectivity index (χ2v) is 3.49. The highest BCUT2D eigenvalue weighted by molar-refractivity contribution is 5.37. The van der Waals surface area contributed by atoms with E-state index in [4.69, 9.17) is 4.74 Å². The second kappa shape index (κ2) is 6.46. The van der Waals surface area contributed by atoms with Crippen molar-refractivity contribution in [1.82, 2.24) is 0 Å². The summed E-state index contributed by atoms with van der Waals surface area (Å²) in [7, 11) is 0. The lowest BCUT2D eigenvalue weighted by Gasteiger charge is -2.13. The van der Waals surface area contributed by atoms with E-state index in [0.29, 0.717) is 13.1 Å². The average Bonchev–Trinajstić information content (AvgIpc) is 2.03. The third-order valence-electron chi connectivity index (χ3n) is 1.87. The van der Waals surface area contributed by atoms with Crippen LogP contribution in [0.1, 0.15) is 27.2 Å². The van der Waals surface area contributed by atoms with Gasteiger partial charge >= 0.3 is 0 Å². The van der Waals surface area contributed by atoms with Crippen LogP contribution in [0.25, 0.3) is 0 Å². The summed E-state index contributed by atoms with van der Waals surface area (Å²) < 4.78 is 4.72. The van der Waals surface area contributed by atoms with Gasteiger partial charge in [-0.1, -0.05) is 23.8 Å². The van der Waals surface area contributed by atoms with E-state index in [1.54, 1.807) is 0 Å². The molecule has 0 aliphatic rings. The van der Waals surface area contributed by atoms with Crippen LogP contribution in [0, 0.1) is 5.92 Å². The molecule has 1 unspecified atom stereocenters. The van der Waals surface area contributed by atoms with Gasteiger partial charge in [0.2, 0.25) is 0 Å². The molecule has 0 heterocycles. The van der Waals surface area contributed by atoms with E-state index in [9.17, 15) is 4.79 Å². The van der Waals surface area contributed by atoms with E-state index in [2.05, 4.69) is 26.5 Å². The first-order valence-electron chi connectivity index (χ1n) is 4.42. The topological polar surface area (TPSA) is 26.3 Å². The molecule has 0 aromatic heterocycles. The molecular weight excluding hydrogens is 164 g/mol. The van der Waals surface area contributed by atoms with Crippen LogP contribution in [0.3, 0.4) is 0 Å². The first kappa shape index (κ1) is 11.9. The third kappa shape index (κ3) is 6.14. The standard InChI is InChI=1S/C11H18O2/c1-9(2)5-6-11(10(3)4)7-13-8-12/h5,8,11H,3,6-7H2,1-2,4H3. The maximum atomic E-state index is 10.0. The Bertz CT molecular complexity index is 200. The van der Waals surface area contributed by atoms with Crippen LogP contribution in [0.15, 0.2) is 23.8 Å². The molecule has 2 nitrogen and oxygen atoms in total. The average molecular weight is 182 g/mol. The van der Waals surface area contributed by atoms with E-state index in [0.717, 1.165) is 12.0 Å². The van der Waals surface area contributed by atoms with Crippen molar-refractivity contribution in [3.8, 4) is 0 Å². The quantitative estimate of drug-likeness (QED) is 0.466. The van der Waals surface area contributed by atoms with Gasteiger partial charge in [0.25, 0.3) is 6.47 Å². The van der Waals surface area contributed by atoms with Crippen LogP contribution < -0.4 is 0 Å². The molecule has 1 atom stereocenters. The molecular formula is C11H18O2. The zero-order valence-electron chi connectivity index (χ0n) is 8.67. The number of ether oxygens (including phenoxy) is 1. The lowest BCUT2D eigenvalue weighted by Crippen LogP contribution is -2.09. The van der Waals surface area contributed by atoms with Crippen molar-refractivity contribution in [3.05, 3.63) is 23.8 Å². The van der Waals surface area contributed by atoms with E-state index in [-0.39, 0.29) is 5.92 Å². The van der Waals surface area contributed by atoms with Gasteiger partial charge in [-0.05, 0) is 27.2 Å². The molecule has 13 heavy (non-hydrogen) atoms. The highest BCUT2D eigenvalue weighted by Crippen LogP contribution is 2.14. The molecule has 0 aliphatic heterocycles. The maximum Gasteiger partial charge on any atom is 0.293 e. The summed E-state index contributed by atoms with van der Waals surface area (Å²) in [6.45, 7) is 10.8. The van der Waals surface area contributed by atoms with Gasteiger partial charge in [0.05, 0.1) is 6.61 Å². The van der Waals surface area contributed by atoms with Gasteiger partial charge in [-0.25, -0.2) is 0 Å². The van der Waals surface area contributed by atoms with Gasteiger partial charge in [0, 0.05) is 5.92 Å². The molecule has 0 rings (SSSR count). The van der Waals surface area contributed by atoms with Crippen molar-refractivity contribution in [2.75, 3.05) is 6.61 Å². The molecule has 0 amide bonds. The summed E-state index contributed by atoms with van der Waals surface area (Å²) >= 11 is 0. The Kier molecular flexibility index (Phi) is 5.94. The molecule has 0 saturated carbocycles. The fraction of sp³-hybridized carbons (Fsp3) is 0.545. The Morgan fingerprint density at radius 3 is 2.46 bits per heavy atom. The van der Waals surface area contributed by atoms with Gasteiger partial charge in [0.1, 0.15) is 0 Å². The van der Waals surface area contributed by atoms with Gasteiger partial charge in [-0.3, -0.25) is 4.79 Å². The Labute approximate surface area is 80.3 Å². The van der Waals surface area contributed by atoms with Gasteiger partial charge in [-0.15, -0.1) is 0 Å². The molecule has 0 spiro atoms. The van der Waals surface area contributed by atoms with Crippen LogP contribution in [-0.2, 0) is 9.53 Å². The highest BCUT2D eigenvalue weighted by atomic mass is 16.5. The second-order valence-electron chi connectivity index (χ2n) is 3.49. The lowest BCUT2D eigenvalue weighted by atomic mass is 9.98. The summed E-state index contributed by atoms with van der Waals surface area (Å²) in [5, 5.41) is 0. The Morgan fingerprint density at radius 1 is 1.46 bits per heavy atom.